The number of ether oxygens (including phenoxy) is 2. The molecule has 1 aliphatic rings. The number of hydrogen-bond donors (Lipinski definition) is 4. The Bertz CT molecular complexity index is 768. The van der Waals surface area contributed by atoms with Crippen molar-refractivity contribution in [2.24, 2.45) is 0 Å². The quantitative estimate of drug-likeness (QED) is 0.627. The van der Waals surface area contributed by atoms with Gasteiger partial charge in [0.2, 0.25) is 0 Å². The van der Waals surface area contributed by atoms with Crippen LogP contribution in [0.1, 0.15) is 15.9 Å². The fourth-order valence-corrected chi connectivity index (χ4v) is 2.28. The fourth-order valence-electron chi connectivity index (χ4n) is 2.10. The van der Waals surface area contributed by atoms with Crippen LogP contribution in [0.15, 0.2) is 24.3 Å². The van der Waals surface area contributed by atoms with Crippen molar-refractivity contribution in [3.8, 4) is 5.75 Å². The van der Waals surface area contributed by atoms with Crippen LogP contribution < -0.4 is 26.9 Å². The Morgan fingerprint density at radius 2 is 2.17 bits per heavy atom. The van der Waals surface area contributed by atoms with Crippen LogP contribution >= 0.6 is 11.6 Å². The molecule has 8 nitrogen and oxygen atoms in total. The third-order valence-electron chi connectivity index (χ3n) is 3.22. The number of nitrogen functional groups attached to an aromatic ring is 1. The molecule has 2 aromatic rings. The summed E-state index contributed by atoms with van der Waals surface area (Å²) in [5.74, 6) is 0.914. The van der Waals surface area contributed by atoms with E-state index in [9.17, 15) is 4.79 Å². The maximum absolute atomic E-state index is 11.6. The standard InChI is InChI=1S/C14H14ClN5O3/c1-22-14(21)7-2-3-9(15)8(4-7)6-23-10-5-11(16)17-13-12(10)18-20-19-13/h2-5,18,20H,6H2,1H3,(H3,16,17,19). The lowest BCUT2D eigenvalue weighted by Crippen LogP contribution is -2.19. The number of carbonyl (C=O) groups is 1. The van der Waals surface area contributed by atoms with Gasteiger partial charge in [0.1, 0.15) is 18.1 Å². The monoisotopic (exact) mass is 335 g/mol. The summed E-state index contributed by atoms with van der Waals surface area (Å²) in [5, 5.41) is 0.487. The van der Waals surface area contributed by atoms with Gasteiger partial charge in [0.05, 0.1) is 12.7 Å². The number of nitrogens with zero attached hydrogens (tertiary/aromatic N) is 1. The minimum absolute atomic E-state index is 0.154. The lowest BCUT2D eigenvalue weighted by Gasteiger charge is -2.12. The van der Waals surface area contributed by atoms with Gasteiger partial charge >= 0.3 is 5.97 Å². The summed E-state index contributed by atoms with van der Waals surface area (Å²) in [4.78, 5) is 15.7. The first-order valence-corrected chi connectivity index (χ1v) is 7.03. The second-order valence-corrected chi connectivity index (χ2v) is 5.14. The second kappa shape index (κ2) is 6.19. The van der Waals surface area contributed by atoms with E-state index in [-0.39, 0.29) is 6.61 Å². The highest BCUT2D eigenvalue weighted by Gasteiger charge is 2.18. The minimum Gasteiger partial charge on any atom is -0.486 e. The fraction of sp³-hybridized carbons (Fsp3) is 0.143. The molecule has 2 heterocycles. The molecule has 3 rings (SSSR count). The molecule has 0 saturated carbocycles. The Balaban J connectivity index is 1.83. The first-order chi connectivity index (χ1) is 11.1. The van der Waals surface area contributed by atoms with Crippen molar-refractivity contribution in [1.82, 2.24) is 10.5 Å². The summed E-state index contributed by atoms with van der Waals surface area (Å²) < 4.78 is 10.5. The van der Waals surface area contributed by atoms with Crippen LogP contribution in [0.2, 0.25) is 5.02 Å². The van der Waals surface area contributed by atoms with Gasteiger partial charge in [-0.1, -0.05) is 11.6 Å². The number of aromatic nitrogens is 1. The molecule has 23 heavy (non-hydrogen) atoms. The van der Waals surface area contributed by atoms with Crippen molar-refractivity contribution in [3.05, 3.63) is 40.4 Å². The number of methoxy groups -OCH3 is 1. The second-order valence-electron chi connectivity index (χ2n) is 4.73. The van der Waals surface area contributed by atoms with Crippen LogP contribution in [-0.2, 0) is 11.3 Å². The van der Waals surface area contributed by atoms with E-state index in [0.717, 1.165) is 0 Å². The molecule has 1 aromatic heterocycles. The van der Waals surface area contributed by atoms with Crippen molar-refractivity contribution >= 4 is 34.9 Å². The number of pyridine rings is 1. The van der Waals surface area contributed by atoms with Gasteiger partial charge in [-0.15, -0.1) is 5.53 Å². The molecule has 0 spiro atoms. The van der Waals surface area contributed by atoms with Crippen LogP contribution in [0.25, 0.3) is 0 Å². The van der Waals surface area contributed by atoms with Crippen molar-refractivity contribution in [2.45, 2.75) is 6.61 Å². The molecule has 0 bridgehead atoms. The predicted molar refractivity (Wildman–Crippen MR) is 86.2 cm³/mol. The topological polar surface area (TPSA) is 111 Å². The SMILES string of the molecule is COC(=O)c1ccc(Cl)c(COc2cc(N)nc3c2NNN3)c1. The highest BCUT2D eigenvalue weighted by atomic mass is 35.5. The molecule has 0 radical (unpaired) electrons. The van der Waals surface area contributed by atoms with Crippen molar-refractivity contribution in [3.63, 3.8) is 0 Å². The van der Waals surface area contributed by atoms with Gasteiger partial charge in [0.25, 0.3) is 0 Å². The smallest absolute Gasteiger partial charge is 0.337 e. The van der Waals surface area contributed by atoms with Crippen molar-refractivity contribution in [1.29, 1.82) is 0 Å². The molecule has 0 aliphatic carbocycles. The van der Waals surface area contributed by atoms with Crippen LogP contribution in [0, 0.1) is 0 Å². The minimum atomic E-state index is -0.438. The van der Waals surface area contributed by atoms with Gasteiger partial charge in [-0.05, 0) is 18.2 Å². The zero-order valence-corrected chi connectivity index (χ0v) is 12.9. The maximum atomic E-state index is 11.6. The average molecular weight is 336 g/mol. The first kappa shape index (κ1) is 15.2. The molecule has 0 atom stereocenters. The van der Waals surface area contributed by atoms with E-state index in [4.69, 9.17) is 26.8 Å². The third-order valence-corrected chi connectivity index (χ3v) is 3.59. The highest BCUT2D eigenvalue weighted by molar-refractivity contribution is 6.31. The Labute approximate surface area is 136 Å². The molecule has 9 heteroatoms. The lowest BCUT2D eigenvalue weighted by atomic mass is 10.1. The van der Waals surface area contributed by atoms with E-state index in [1.165, 1.54) is 7.11 Å². The van der Waals surface area contributed by atoms with Gasteiger partial charge < -0.3 is 15.2 Å². The van der Waals surface area contributed by atoms with E-state index in [0.29, 0.717) is 39.2 Å². The number of nitrogens with one attached hydrogen (secondary N) is 3. The van der Waals surface area contributed by atoms with Gasteiger partial charge in [-0.3, -0.25) is 10.9 Å². The van der Waals surface area contributed by atoms with Gasteiger partial charge in [-0.2, -0.15) is 0 Å². The van der Waals surface area contributed by atoms with Crippen LogP contribution in [-0.4, -0.2) is 18.1 Å². The Hall–Kier alpha value is -2.71. The summed E-state index contributed by atoms with van der Waals surface area (Å²) in [6.45, 7) is 0.154. The Morgan fingerprint density at radius 3 is 2.96 bits per heavy atom. The van der Waals surface area contributed by atoms with Gasteiger partial charge in [0.15, 0.2) is 11.6 Å². The lowest BCUT2D eigenvalue weighted by molar-refractivity contribution is 0.0600. The number of anilines is 3. The summed E-state index contributed by atoms with van der Waals surface area (Å²) in [5.41, 5.74) is 15.8. The van der Waals surface area contributed by atoms with Crippen LogP contribution in [0.4, 0.5) is 17.3 Å². The number of fused-ring (bicyclic) bond motifs is 1. The number of hydrogen-bond acceptors (Lipinski definition) is 8. The van der Waals surface area contributed by atoms with E-state index < -0.39 is 5.97 Å². The predicted octanol–water partition coefficient (Wildman–Crippen LogP) is 1.94. The number of hydrazine groups is 2. The number of halogens is 1. The molecule has 0 amide bonds. The number of esters is 1. The molecule has 0 saturated heterocycles. The average Bonchev–Trinajstić information content (AvgIpc) is 3.01. The van der Waals surface area contributed by atoms with E-state index in [2.05, 4.69) is 21.4 Å². The normalized spacial score (nSPS) is 12.1. The Morgan fingerprint density at radius 1 is 1.35 bits per heavy atom. The molecule has 0 fully saturated rings. The molecule has 1 aromatic carbocycles. The zero-order chi connectivity index (χ0) is 16.4. The van der Waals surface area contributed by atoms with Crippen LogP contribution in [0.5, 0.6) is 5.75 Å². The van der Waals surface area contributed by atoms with E-state index in [1.54, 1.807) is 24.3 Å². The molecule has 120 valence electrons. The molecule has 1 aliphatic heterocycles. The summed E-state index contributed by atoms with van der Waals surface area (Å²) in [6.07, 6.45) is 0. The number of carbonyl (C=O) groups excluding carboxylic acids is 1. The van der Waals surface area contributed by atoms with Crippen LogP contribution in [0.3, 0.4) is 0 Å². The zero-order valence-electron chi connectivity index (χ0n) is 12.1. The first-order valence-electron chi connectivity index (χ1n) is 6.65. The molecule has 5 N–H and O–H groups in total. The molecular weight excluding hydrogens is 322 g/mol. The summed E-state index contributed by atoms with van der Waals surface area (Å²) >= 11 is 6.15. The number of rotatable bonds is 4. The van der Waals surface area contributed by atoms with E-state index >= 15 is 0 Å². The third kappa shape index (κ3) is 3.08. The summed E-state index contributed by atoms with van der Waals surface area (Å²) in [6, 6.07) is 6.44. The molecular formula is C14H14ClN5O3. The number of nitrogens with two attached hydrogens (primary N) is 1. The van der Waals surface area contributed by atoms with Gasteiger partial charge in [0, 0.05) is 16.7 Å². The Kier molecular flexibility index (Phi) is 4.09. The highest BCUT2D eigenvalue weighted by Crippen LogP contribution is 2.35. The maximum Gasteiger partial charge on any atom is 0.337 e. The van der Waals surface area contributed by atoms with Gasteiger partial charge in [-0.25, -0.2) is 9.78 Å². The summed E-state index contributed by atoms with van der Waals surface area (Å²) in [7, 11) is 1.32. The van der Waals surface area contributed by atoms with E-state index in [1.807, 2.05) is 0 Å². The number of benzene rings is 1. The molecule has 0 unspecified atom stereocenters. The van der Waals surface area contributed by atoms with Crippen molar-refractivity contribution < 1.29 is 14.3 Å². The largest absolute Gasteiger partial charge is 0.486 e. The van der Waals surface area contributed by atoms with Crippen molar-refractivity contribution in [2.75, 3.05) is 23.7 Å².